The highest BCUT2D eigenvalue weighted by Crippen LogP contribution is 2.27. The molecule has 0 aliphatic carbocycles. The average molecular weight is 569 g/mol. The Morgan fingerprint density at radius 3 is 2.54 bits per heavy atom. The summed E-state index contributed by atoms with van der Waals surface area (Å²) in [7, 11) is 1.70. The Morgan fingerprint density at radius 2 is 1.80 bits per heavy atom. The van der Waals surface area contributed by atoms with E-state index in [1.54, 1.807) is 53.1 Å². The summed E-state index contributed by atoms with van der Waals surface area (Å²) in [5.41, 5.74) is 4.21. The van der Waals surface area contributed by atoms with E-state index in [4.69, 9.17) is 4.74 Å². The van der Waals surface area contributed by atoms with E-state index in [-0.39, 0.29) is 18.4 Å². The zero-order valence-corrected chi connectivity index (χ0v) is 22.8. The molecule has 5 rings (SSSR count). The number of aromatic nitrogens is 5. The van der Waals surface area contributed by atoms with Gasteiger partial charge in [0.05, 0.1) is 36.8 Å². The van der Waals surface area contributed by atoms with Gasteiger partial charge in [0.1, 0.15) is 11.8 Å². The molecule has 0 spiro atoms. The largest absolute Gasteiger partial charge is 0.389 e. The first kappa shape index (κ1) is 28.5. The van der Waals surface area contributed by atoms with Crippen molar-refractivity contribution in [1.82, 2.24) is 29.3 Å². The molecule has 41 heavy (non-hydrogen) atoms. The Bertz CT molecular complexity index is 1540. The number of Topliss-reactive ketones (excluding diaryl/α,β-unsaturated/α-hetero) is 1. The first-order valence-corrected chi connectivity index (χ1v) is 13.5. The molecule has 1 aliphatic heterocycles. The van der Waals surface area contributed by atoms with Crippen LogP contribution in [0.5, 0.6) is 0 Å². The molecule has 12 heteroatoms. The third-order valence-electron chi connectivity index (χ3n) is 7.45. The number of hydrogen-bond donors (Lipinski definition) is 0. The molecule has 1 aromatic carbocycles. The van der Waals surface area contributed by atoms with Gasteiger partial charge in [-0.3, -0.25) is 14.3 Å². The number of likely N-dealkylation sites (tertiary alicyclic amines) is 1. The molecule has 9 nitrogen and oxygen atoms in total. The Labute approximate surface area is 234 Å². The van der Waals surface area contributed by atoms with E-state index in [9.17, 15) is 22.8 Å². The summed E-state index contributed by atoms with van der Waals surface area (Å²) in [5, 5.41) is 8.99. The molecule has 0 saturated carbocycles. The molecule has 0 bridgehead atoms. The van der Waals surface area contributed by atoms with Crippen molar-refractivity contribution >= 4 is 17.3 Å². The minimum Gasteiger partial charge on any atom is -0.381 e. The quantitative estimate of drug-likeness (QED) is 0.285. The number of ether oxygens (including phenoxy) is 1. The van der Waals surface area contributed by atoms with Gasteiger partial charge in [-0.1, -0.05) is 18.2 Å². The van der Waals surface area contributed by atoms with Gasteiger partial charge in [0, 0.05) is 55.9 Å². The van der Waals surface area contributed by atoms with Crippen molar-refractivity contribution in [3.05, 3.63) is 60.7 Å². The van der Waals surface area contributed by atoms with Crippen LogP contribution in [0.1, 0.15) is 44.2 Å². The van der Waals surface area contributed by atoms with Gasteiger partial charge in [0.2, 0.25) is 5.91 Å². The molecule has 1 unspecified atom stereocenters. The summed E-state index contributed by atoms with van der Waals surface area (Å²) >= 11 is 0. The molecule has 1 aliphatic rings. The van der Waals surface area contributed by atoms with Crippen molar-refractivity contribution < 1.29 is 27.5 Å². The van der Waals surface area contributed by atoms with E-state index < -0.39 is 30.8 Å². The van der Waals surface area contributed by atoms with Crippen molar-refractivity contribution in [3.63, 3.8) is 0 Å². The fourth-order valence-corrected chi connectivity index (χ4v) is 5.06. The lowest BCUT2D eigenvalue weighted by atomic mass is 10.0. The summed E-state index contributed by atoms with van der Waals surface area (Å²) in [6.07, 6.45) is 2.61. The summed E-state index contributed by atoms with van der Waals surface area (Å²) in [5.74, 6) is -0.447. The first-order valence-electron chi connectivity index (χ1n) is 13.5. The highest BCUT2D eigenvalue weighted by atomic mass is 19.4. The normalized spacial score (nSPS) is 15.4. The molecule has 4 heterocycles. The van der Waals surface area contributed by atoms with Crippen LogP contribution in [0.3, 0.4) is 0 Å². The third-order valence-corrected chi connectivity index (χ3v) is 7.45. The maximum atomic E-state index is 13.0. The van der Waals surface area contributed by atoms with Crippen molar-refractivity contribution in [2.24, 2.45) is 0 Å². The smallest absolute Gasteiger partial charge is 0.381 e. The summed E-state index contributed by atoms with van der Waals surface area (Å²) in [6, 6.07) is 8.49. The summed E-state index contributed by atoms with van der Waals surface area (Å²) in [4.78, 5) is 31.4. The minimum atomic E-state index is -4.35. The Hall–Kier alpha value is -4.06. The van der Waals surface area contributed by atoms with Crippen LogP contribution in [0.15, 0.2) is 55.1 Å². The van der Waals surface area contributed by atoms with Gasteiger partial charge in [-0.15, -0.1) is 0 Å². The van der Waals surface area contributed by atoms with Crippen molar-refractivity contribution in [2.75, 3.05) is 20.2 Å². The number of halogens is 3. The number of benzene rings is 1. The van der Waals surface area contributed by atoms with E-state index in [1.807, 2.05) is 30.2 Å². The molecule has 3 aromatic heterocycles. The number of fused-ring (bicyclic) bond motifs is 1. The fourth-order valence-electron chi connectivity index (χ4n) is 5.06. The zero-order chi connectivity index (χ0) is 29.1. The number of alkyl halides is 3. The van der Waals surface area contributed by atoms with E-state index in [0.717, 1.165) is 29.5 Å². The van der Waals surface area contributed by atoms with Crippen LogP contribution >= 0.6 is 0 Å². The van der Waals surface area contributed by atoms with Crippen LogP contribution in [0.25, 0.3) is 28.0 Å². The Morgan fingerprint density at radius 1 is 1.05 bits per heavy atom. The standard InChI is InChI=1S/C29H31F3N6O3/c1-19(28(40)36-10-7-25(41-2)8-11-36)37-18-23(16-34-37)22-14-27-33-17-26(38(27)35-15-22)21-5-3-4-20(12-21)13-24(39)6-9-29(30,31)32/h3-5,12,14-19,25H,6-11,13H2,1-2H3. The second kappa shape index (κ2) is 11.8. The topological polar surface area (TPSA) is 94.6 Å². The monoisotopic (exact) mass is 568 g/mol. The van der Waals surface area contributed by atoms with Gasteiger partial charge in [-0.2, -0.15) is 23.4 Å². The number of rotatable bonds is 9. The second-order valence-electron chi connectivity index (χ2n) is 10.3. The third kappa shape index (κ3) is 6.64. The maximum Gasteiger partial charge on any atom is 0.389 e. The molecule has 0 radical (unpaired) electrons. The lowest BCUT2D eigenvalue weighted by Crippen LogP contribution is -2.43. The van der Waals surface area contributed by atoms with Gasteiger partial charge in [0.15, 0.2) is 5.65 Å². The van der Waals surface area contributed by atoms with Crippen LogP contribution in [-0.2, 0) is 20.7 Å². The van der Waals surface area contributed by atoms with Gasteiger partial charge in [-0.25, -0.2) is 9.50 Å². The number of piperidine rings is 1. The van der Waals surface area contributed by atoms with Crippen molar-refractivity contribution in [3.8, 4) is 22.4 Å². The molecule has 216 valence electrons. The van der Waals surface area contributed by atoms with Crippen LogP contribution in [-0.4, -0.2) is 73.4 Å². The molecule has 1 saturated heterocycles. The average Bonchev–Trinajstić information content (AvgIpc) is 3.63. The van der Waals surface area contributed by atoms with Crippen molar-refractivity contribution in [2.45, 2.75) is 57.3 Å². The summed E-state index contributed by atoms with van der Waals surface area (Å²) in [6.45, 7) is 3.16. The second-order valence-corrected chi connectivity index (χ2v) is 10.3. The molecule has 1 atom stereocenters. The van der Waals surface area contributed by atoms with Gasteiger partial charge in [-0.05, 0) is 37.5 Å². The van der Waals surface area contributed by atoms with E-state index in [0.29, 0.717) is 30.0 Å². The summed E-state index contributed by atoms with van der Waals surface area (Å²) < 4.78 is 46.1. The molecular weight excluding hydrogens is 537 g/mol. The highest BCUT2D eigenvalue weighted by Gasteiger charge is 2.28. The molecule has 0 N–H and O–H groups in total. The molecule has 4 aromatic rings. The maximum absolute atomic E-state index is 13.0. The van der Waals surface area contributed by atoms with Gasteiger partial charge in [0.25, 0.3) is 0 Å². The predicted molar refractivity (Wildman–Crippen MR) is 145 cm³/mol. The van der Waals surface area contributed by atoms with E-state index in [1.165, 1.54) is 0 Å². The van der Waals surface area contributed by atoms with Gasteiger partial charge >= 0.3 is 6.18 Å². The lowest BCUT2D eigenvalue weighted by Gasteiger charge is -2.32. The van der Waals surface area contributed by atoms with Crippen LogP contribution < -0.4 is 0 Å². The number of carbonyl (C=O) groups excluding carboxylic acids is 2. The number of ketones is 1. The number of methoxy groups -OCH3 is 1. The Balaban J connectivity index is 1.29. The molecule has 1 fully saturated rings. The molecule has 1 amide bonds. The van der Waals surface area contributed by atoms with Crippen LogP contribution in [0.4, 0.5) is 13.2 Å². The first-order chi connectivity index (χ1) is 19.6. The SMILES string of the molecule is COC1CCN(C(=O)C(C)n2cc(-c3cnn4c(-c5cccc(CC(=O)CCC(F)(F)F)c5)cnc4c3)cn2)CC1. The fraction of sp³-hybridized carbons (Fsp3) is 0.414. The number of hydrogen-bond acceptors (Lipinski definition) is 6. The number of carbonyl (C=O) groups is 2. The predicted octanol–water partition coefficient (Wildman–Crippen LogP) is 4.91. The highest BCUT2D eigenvalue weighted by molar-refractivity contribution is 5.81. The van der Waals surface area contributed by atoms with Crippen LogP contribution in [0, 0.1) is 0 Å². The van der Waals surface area contributed by atoms with Crippen LogP contribution in [0.2, 0.25) is 0 Å². The molecular formula is C29H31F3N6O3. The number of nitrogens with zero attached hydrogens (tertiary/aromatic N) is 6. The lowest BCUT2D eigenvalue weighted by molar-refractivity contribution is -0.143. The van der Waals surface area contributed by atoms with E-state index in [2.05, 4.69) is 15.2 Å². The van der Waals surface area contributed by atoms with Gasteiger partial charge < -0.3 is 9.64 Å². The van der Waals surface area contributed by atoms with Crippen molar-refractivity contribution in [1.29, 1.82) is 0 Å². The zero-order valence-electron chi connectivity index (χ0n) is 22.8. The minimum absolute atomic E-state index is 0.0185. The number of amides is 1. The van der Waals surface area contributed by atoms with E-state index >= 15 is 0 Å². The number of imidazole rings is 1. The Kier molecular flexibility index (Phi) is 8.20.